The van der Waals surface area contributed by atoms with E-state index in [1.807, 2.05) is 74.2 Å². The van der Waals surface area contributed by atoms with Crippen molar-refractivity contribution in [2.75, 3.05) is 13.1 Å². The summed E-state index contributed by atoms with van der Waals surface area (Å²) in [4.78, 5) is 27.4. The number of nitrogens with one attached hydrogen (secondary N) is 1. The van der Waals surface area contributed by atoms with Gasteiger partial charge in [-0.25, -0.2) is 0 Å². The first kappa shape index (κ1) is 20.6. The van der Waals surface area contributed by atoms with Gasteiger partial charge in [-0.3, -0.25) is 9.59 Å². The lowest BCUT2D eigenvalue weighted by Crippen LogP contribution is -2.50. The number of hydrogen-bond donors (Lipinski definition) is 1. The van der Waals surface area contributed by atoms with E-state index in [2.05, 4.69) is 21.2 Å². The fourth-order valence-electron chi connectivity index (χ4n) is 3.47. The Morgan fingerprint density at radius 2 is 1.57 bits per heavy atom. The van der Waals surface area contributed by atoms with Gasteiger partial charge < -0.3 is 10.2 Å². The van der Waals surface area contributed by atoms with E-state index in [1.54, 1.807) is 0 Å². The topological polar surface area (TPSA) is 49.4 Å². The molecule has 2 amide bonds. The standard InChI is InChI=1S/C23H27BrN2O2/c1-16-4-6-17(7-5-16)21(27)26-14-12-20(13-15-26)25-22(28)23(2,3)18-8-10-19(24)11-9-18/h4-11,20H,12-15H2,1-3H3,(H,25,28). The second-order valence-corrected chi connectivity index (χ2v) is 8.95. The zero-order valence-corrected chi connectivity index (χ0v) is 18.3. The Morgan fingerprint density at radius 3 is 2.14 bits per heavy atom. The summed E-state index contributed by atoms with van der Waals surface area (Å²) in [6.07, 6.45) is 1.56. The highest BCUT2D eigenvalue weighted by atomic mass is 79.9. The number of amides is 2. The lowest BCUT2D eigenvalue weighted by Gasteiger charge is -2.34. The van der Waals surface area contributed by atoms with Crippen LogP contribution in [0.5, 0.6) is 0 Å². The van der Waals surface area contributed by atoms with Gasteiger partial charge in [0, 0.05) is 29.2 Å². The van der Waals surface area contributed by atoms with Crippen LogP contribution in [0.2, 0.25) is 0 Å². The summed E-state index contributed by atoms with van der Waals surface area (Å²) in [5, 5.41) is 3.19. The third-order valence-corrected chi connectivity index (χ3v) is 6.08. The molecule has 0 saturated carbocycles. The van der Waals surface area contributed by atoms with Crippen molar-refractivity contribution in [3.8, 4) is 0 Å². The molecule has 0 radical (unpaired) electrons. The van der Waals surface area contributed by atoms with E-state index in [0.717, 1.165) is 34.0 Å². The van der Waals surface area contributed by atoms with Gasteiger partial charge in [-0.1, -0.05) is 45.8 Å². The molecule has 1 heterocycles. The van der Waals surface area contributed by atoms with Crippen molar-refractivity contribution >= 4 is 27.7 Å². The molecule has 1 N–H and O–H groups in total. The lowest BCUT2D eigenvalue weighted by molar-refractivity contribution is -0.126. The number of aryl methyl sites for hydroxylation is 1. The Bertz CT molecular complexity index is 836. The molecule has 0 atom stereocenters. The maximum absolute atomic E-state index is 12.9. The SMILES string of the molecule is Cc1ccc(C(=O)N2CCC(NC(=O)C(C)(C)c3ccc(Br)cc3)CC2)cc1. The first-order chi connectivity index (χ1) is 13.3. The Morgan fingerprint density at radius 1 is 1.00 bits per heavy atom. The van der Waals surface area contributed by atoms with Gasteiger partial charge in [0.1, 0.15) is 0 Å². The zero-order valence-electron chi connectivity index (χ0n) is 16.7. The Hall–Kier alpha value is -2.14. The normalized spacial score (nSPS) is 15.4. The highest BCUT2D eigenvalue weighted by Crippen LogP contribution is 2.26. The van der Waals surface area contributed by atoms with Crippen molar-refractivity contribution in [1.82, 2.24) is 10.2 Å². The third-order valence-electron chi connectivity index (χ3n) is 5.55. The predicted molar refractivity (Wildman–Crippen MR) is 115 cm³/mol. The van der Waals surface area contributed by atoms with Crippen molar-refractivity contribution in [3.05, 3.63) is 69.7 Å². The van der Waals surface area contributed by atoms with Crippen molar-refractivity contribution in [1.29, 1.82) is 0 Å². The summed E-state index contributed by atoms with van der Waals surface area (Å²) in [5.74, 6) is 0.0955. The Kier molecular flexibility index (Phi) is 6.23. The summed E-state index contributed by atoms with van der Waals surface area (Å²) in [7, 11) is 0. The molecule has 0 unspecified atom stereocenters. The number of piperidine rings is 1. The van der Waals surface area contributed by atoms with Gasteiger partial charge in [0.15, 0.2) is 0 Å². The molecule has 1 aliphatic rings. The van der Waals surface area contributed by atoms with Gasteiger partial charge in [-0.2, -0.15) is 0 Å². The van der Waals surface area contributed by atoms with Gasteiger partial charge in [-0.05, 0) is 63.4 Å². The van der Waals surface area contributed by atoms with Crippen LogP contribution in [-0.2, 0) is 10.2 Å². The molecule has 148 valence electrons. The highest BCUT2D eigenvalue weighted by Gasteiger charge is 2.32. The van der Waals surface area contributed by atoms with Crippen molar-refractivity contribution in [2.45, 2.75) is 45.1 Å². The third kappa shape index (κ3) is 4.64. The number of hydrogen-bond acceptors (Lipinski definition) is 2. The largest absolute Gasteiger partial charge is 0.352 e. The number of carbonyl (C=O) groups excluding carboxylic acids is 2. The number of nitrogens with zero attached hydrogens (tertiary/aromatic N) is 1. The molecule has 4 nitrogen and oxygen atoms in total. The van der Waals surface area contributed by atoms with Gasteiger partial charge in [0.25, 0.3) is 5.91 Å². The average molecular weight is 443 g/mol. The summed E-state index contributed by atoms with van der Waals surface area (Å²) in [5.41, 5.74) is 2.26. The second-order valence-electron chi connectivity index (χ2n) is 8.04. The quantitative estimate of drug-likeness (QED) is 0.759. The molecule has 0 spiro atoms. The minimum atomic E-state index is -0.602. The van der Waals surface area contributed by atoms with Crippen LogP contribution in [0.25, 0.3) is 0 Å². The minimum absolute atomic E-state index is 0.0260. The van der Waals surface area contributed by atoms with Gasteiger partial charge in [0.2, 0.25) is 5.91 Å². The fraction of sp³-hybridized carbons (Fsp3) is 0.391. The maximum atomic E-state index is 12.9. The molecule has 2 aromatic rings. The molecule has 0 aliphatic carbocycles. The number of carbonyl (C=O) groups is 2. The molecule has 1 saturated heterocycles. The van der Waals surface area contributed by atoms with E-state index in [9.17, 15) is 9.59 Å². The van der Waals surface area contributed by atoms with Crippen LogP contribution in [0.15, 0.2) is 53.0 Å². The molecular weight excluding hydrogens is 416 g/mol. The number of benzene rings is 2. The van der Waals surface area contributed by atoms with Crippen LogP contribution in [0, 0.1) is 6.92 Å². The number of rotatable bonds is 4. The molecule has 2 aromatic carbocycles. The molecule has 1 fully saturated rings. The van der Waals surface area contributed by atoms with E-state index >= 15 is 0 Å². The number of halogens is 1. The summed E-state index contributed by atoms with van der Waals surface area (Å²) >= 11 is 3.43. The van der Waals surface area contributed by atoms with E-state index < -0.39 is 5.41 Å². The Labute approximate surface area is 175 Å². The molecule has 28 heavy (non-hydrogen) atoms. The van der Waals surface area contributed by atoms with E-state index in [1.165, 1.54) is 0 Å². The predicted octanol–water partition coefficient (Wildman–Crippen LogP) is 4.46. The molecule has 3 rings (SSSR count). The van der Waals surface area contributed by atoms with Crippen LogP contribution >= 0.6 is 15.9 Å². The smallest absolute Gasteiger partial charge is 0.253 e. The fourth-order valence-corrected chi connectivity index (χ4v) is 3.73. The van der Waals surface area contributed by atoms with Crippen LogP contribution in [-0.4, -0.2) is 35.8 Å². The van der Waals surface area contributed by atoms with Crippen LogP contribution in [0.4, 0.5) is 0 Å². The van der Waals surface area contributed by atoms with Crippen LogP contribution < -0.4 is 5.32 Å². The van der Waals surface area contributed by atoms with Crippen molar-refractivity contribution in [3.63, 3.8) is 0 Å². The molecular formula is C23H27BrN2O2. The monoisotopic (exact) mass is 442 g/mol. The summed E-state index contributed by atoms with van der Waals surface area (Å²) < 4.78 is 0.998. The van der Waals surface area contributed by atoms with Crippen LogP contribution in [0.3, 0.4) is 0 Å². The average Bonchev–Trinajstić information content (AvgIpc) is 2.69. The first-order valence-corrected chi connectivity index (χ1v) is 10.5. The molecule has 0 bridgehead atoms. The Balaban J connectivity index is 1.56. The lowest BCUT2D eigenvalue weighted by atomic mass is 9.83. The van der Waals surface area contributed by atoms with Gasteiger partial charge in [-0.15, -0.1) is 0 Å². The van der Waals surface area contributed by atoms with E-state index in [0.29, 0.717) is 13.1 Å². The maximum Gasteiger partial charge on any atom is 0.253 e. The van der Waals surface area contributed by atoms with Gasteiger partial charge in [0.05, 0.1) is 5.41 Å². The summed E-state index contributed by atoms with van der Waals surface area (Å²) in [6, 6.07) is 15.7. The first-order valence-electron chi connectivity index (χ1n) is 9.70. The zero-order chi connectivity index (χ0) is 20.3. The van der Waals surface area contributed by atoms with E-state index in [-0.39, 0.29) is 17.9 Å². The molecule has 0 aromatic heterocycles. The minimum Gasteiger partial charge on any atom is -0.352 e. The molecule has 1 aliphatic heterocycles. The summed E-state index contributed by atoms with van der Waals surface area (Å²) in [6.45, 7) is 7.23. The van der Waals surface area contributed by atoms with Gasteiger partial charge >= 0.3 is 0 Å². The van der Waals surface area contributed by atoms with Crippen molar-refractivity contribution < 1.29 is 9.59 Å². The number of likely N-dealkylation sites (tertiary alicyclic amines) is 1. The molecule has 5 heteroatoms. The van der Waals surface area contributed by atoms with Crippen molar-refractivity contribution in [2.24, 2.45) is 0 Å². The second kappa shape index (κ2) is 8.48. The van der Waals surface area contributed by atoms with Crippen LogP contribution in [0.1, 0.15) is 48.2 Å². The highest BCUT2D eigenvalue weighted by molar-refractivity contribution is 9.10. The van der Waals surface area contributed by atoms with E-state index in [4.69, 9.17) is 0 Å².